The molecule has 0 atom stereocenters. The van der Waals surface area contributed by atoms with Gasteiger partial charge >= 0.3 is 11.8 Å². The number of hydrogen-bond donors (Lipinski definition) is 2. The molecule has 1 aliphatic heterocycles. The number of primary amides is 1. The highest BCUT2D eigenvalue weighted by Crippen LogP contribution is 2.46. The van der Waals surface area contributed by atoms with E-state index in [0.29, 0.717) is 6.04 Å². The van der Waals surface area contributed by atoms with Gasteiger partial charge in [-0.2, -0.15) is 4.98 Å². The molecule has 166 valence electrons. The minimum Gasteiger partial charge on any atom is -0.443 e. The molecular formula is C23H31N5O3. The standard InChI is InChI=1S/C23H31N5O3/c1-22(2,3)23(31-20(25)29)9-6-17(7-10-23)27-13-15-4-5-18(12-16(15)14-27)28-11-8-19(24)26-21(28)30/h4-5,8,11-12,17H,6-7,9-10,13-14H2,1-3H3,(H2,25,29)(H2,24,26,30). The number of ether oxygens (including phenoxy) is 1. The van der Waals surface area contributed by atoms with Crippen LogP contribution in [-0.2, 0) is 17.8 Å². The van der Waals surface area contributed by atoms with Crippen LogP contribution in [0.25, 0.3) is 5.69 Å². The normalized spacial score (nSPS) is 24.0. The molecule has 1 saturated carbocycles. The summed E-state index contributed by atoms with van der Waals surface area (Å²) in [7, 11) is 0. The van der Waals surface area contributed by atoms with Crippen molar-refractivity contribution in [2.24, 2.45) is 11.1 Å². The Morgan fingerprint density at radius 2 is 1.84 bits per heavy atom. The topological polar surface area (TPSA) is 116 Å². The summed E-state index contributed by atoms with van der Waals surface area (Å²) in [6, 6.07) is 8.15. The van der Waals surface area contributed by atoms with Gasteiger partial charge in [-0.3, -0.25) is 9.47 Å². The SMILES string of the molecule is CC(C)(C)C1(OC(N)=O)CCC(N2Cc3ccc(-n4ccc(N)nc4=O)cc3C2)CC1. The van der Waals surface area contributed by atoms with Gasteiger partial charge in [0.2, 0.25) is 0 Å². The lowest BCUT2D eigenvalue weighted by Gasteiger charge is -2.48. The summed E-state index contributed by atoms with van der Waals surface area (Å²) < 4.78 is 7.19. The average Bonchev–Trinajstić information content (AvgIpc) is 3.10. The number of nitrogens with zero attached hydrogens (tertiary/aromatic N) is 3. The van der Waals surface area contributed by atoms with E-state index in [4.69, 9.17) is 16.2 Å². The maximum absolute atomic E-state index is 12.2. The van der Waals surface area contributed by atoms with E-state index in [9.17, 15) is 9.59 Å². The highest BCUT2D eigenvalue weighted by Gasteiger charge is 2.48. The molecule has 1 aromatic carbocycles. The van der Waals surface area contributed by atoms with Crippen molar-refractivity contribution in [2.75, 3.05) is 5.73 Å². The van der Waals surface area contributed by atoms with Gasteiger partial charge in [-0.05, 0) is 55.0 Å². The van der Waals surface area contributed by atoms with Crippen molar-refractivity contribution < 1.29 is 9.53 Å². The van der Waals surface area contributed by atoms with Crippen molar-refractivity contribution in [3.8, 4) is 5.69 Å². The first-order chi connectivity index (χ1) is 14.6. The van der Waals surface area contributed by atoms with Crippen LogP contribution in [0.15, 0.2) is 35.3 Å². The second-order valence-electron chi connectivity index (χ2n) is 9.76. The third-order valence-corrected chi connectivity index (χ3v) is 6.98. The van der Waals surface area contributed by atoms with Gasteiger partial charge in [-0.1, -0.05) is 26.8 Å². The van der Waals surface area contributed by atoms with E-state index < -0.39 is 11.7 Å². The van der Waals surface area contributed by atoms with E-state index in [-0.39, 0.29) is 16.9 Å². The zero-order chi connectivity index (χ0) is 22.4. The van der Waals surface area contributed by atoms with Crippen LogP contribution in [-0.4, -0.2) is 32.2 Å². The number of amides is 1. The number of carbonyl (C=O) groups excluding carboxylic acids is 1. The summed E-state index contributed by atoms with van der Waals surface area (Å²) in [5.41, 5.74) is 13.2. The summed E-state index contributed by atoms with van der Waals surface area (Å²) in [5, 5.41) is 0. The summed E-state index contributed by atoms with van der Waals surface area (Å²) in [6.45, 7) is 8.05. The molecular weight excluding hydrogens is 394 g/mol. The maximum Gasteiger partial charge on any atom is 0.405 e. The van der Waals surface area contributed by atoms with Gasteiger partial charge in [0, 0.05) is 30.7 Å². The lowest BCUT2D eigenvalue weighted by atomic mass is 9.67. The molecule has 1 aromatic heterocycles. The van der Waals surface area contributed by atoms with Crippen LogP contribution in [0.4, 0.5) is 10.6 Å². The monoisotopic (exact) mass is 425 g/mol. The van der Waals surface area contributed by atoms with Crippen molar-refractivity contribution in [3.05, 3.63) is 52.1 Å². The molecule has 1 fully saturated rings. The van der Waals surface area contributed by atoms with E-state index in [0.717, 1.165) is 44.5 Å². The fourth-order valence-corrected chi connectivity index (χ4v) is 5.06. The first-order valence-electron chi connectivity index (χ1n) is 10.8. The number of aromatic nitrogens is 2. The van der Waals surface area contributed by atoms with Crippen LogP contribution >= 0.6 is 0 Å². The van der Waals surface area contributed by atoms with Crippen molar-refractivity contribution in [3.63, 3.8) is 0 Å². The highest BCUT2D eigenvalue weighted by atomic mass is 16.6. The second kappa shape index (κ2) is 7.67. The highest BCUT2D eigenvalue weighted by molar-refractivity contribution is 5.65. The molecule has 2 aromatic rings. The van der Waals surface area contributed by atoms with Gasteiger partial charge in [-0.15, -0.1) is 0 Å². The summed E-state index contributed by atoms with van der Waals surface area (Å²) in [4.78, 5) is 30.0. The molecule has 2 aliphatic rings. The Kier molecular flexibility index (Phi) is 5.29. The molecule has 4 rings (SSSR count). The second-order valence-corrected chi connectivity index (χ2v) is 9.76. The first kappa shape index (κ1) is 21.4. The Bertz CT molecular complexity index is 1050. The Balaban J connectivity index is 1.48. The number of carbonyl (C=O) groups is 1. The zero-order valence-corrected chi connectivity index (χ0v) is 18.4. The summed E-state index contributed by atoms with van der Waals surface area (Å²) in [6.07, 6.45) is 4.47. The Labute approximate surface area is 182 Å². The van der Waals surface area contributed by atoms with E-state index in [1.165, 1.54) is 15.7 Å². The third-order valence-electron chi connectivity index (χ3n) is 6.98. The Morgan fingerprint density at radius 3 is 2.45 bits per heavy atom. The van der Waals surface area contributed by atoms with Crippen LogP contribution < -0.4 is 17.2 Å². The first-order valence-corrected chi connectivity index (χ1v) is 10.8. The minimum atomic E-state index is -0.693. The number of nitrogen functional groups attached to an aromatic ring is 1. The number of anilines is 1. The van der Waals surface area contributed by atoms with Crippen LogP contribution in [0, 0.1) is 5.41 Å². The van der Waals surface area contributed by atoms with Crippen molar-refractivity contribution in [1.82, 2.24) is 14.5 Å². The molecule has 0 unspecified atom stereocenters. The molecule has 2 heterocycles. The molecule has 0 radical (unpaired) electrons. The Hall–Kier alpha value is -2.87. The average molecular weight is 426 g/mol. The number of fused-ring (bicyclic) bond motifs is 1. The number of nitrogens with two attached hydrogens (primary N) is 2. The van der Waals surface area contributed by atoms with Gasteiger partial charge in [0.1, 0.15) is 11.4 Å². The van der Waals surface area contributed by atoms with Gasteiger partial charge < -0.3 is 16.2 Å². The van der Waals surface area contributed by atoms with Gasteiger partial charge in [0.25, 0.3) is 0 Å². The summed E-state index contributed by atoms with van der Waals surface area (Å²) in [5.74, 6) is 0.220. The largest absolute Gasteiger partial charge is 0.443 e. The van der Waals surface area contributed by atoms with Crippen LogP contribution in [0.2, 0.25) is 0 Å². The Morgan fingerprint density at radius 1 is 1.16 bits per heavy atom. The predicted molar refractivity (Wildman–Crippen MR) is 119 cm³/mol. The molecule has 4 N–H and O–H groups in total. The van der Waals surface area contributed by atoms with Crippen molar-refractivity contribution in [1.29, 1.82) is 0 Å². The van der Waals surface area contributed by atoms with Crippen LogP contribution in [0.1, 0.15) is 57.6 Å². The zero-order valence-electron chi connectivity index (χ0n) is 18.4. The van der Waals surface area contributed by atoms with Crippen molar-refractivity contribution in [2.45, 2.75) is 71.2 Å². The molecule has 31 heavy (non-hydrogen) atoms. The maximum atomic E-state index is 12.2. The summed E-state index contributed by atoms with van der Waals surface area (Å²) >= 11 is 0. The number of benzene rings is 1. The third kappa shape index (κ3) is 4.04. The molecule has 1 amide bonds. The molecule has 8 nitrogen and oxygen atoms in total. The number of rotatable bonds is 3. The molecule has 1 aliphatic carbocycles. The minimum absolute atomic E-state index is 0.170. The molecule has 0 bridgehead atoms. The van der Waals surface area contributed by atoms with E-state index in [1.54, 1.807) is 12.3 Å². The van der Waals surface area contributed by atoms with E-state index in [2.05, 4.69) is 42.8 Å². The smallest absolute Gasteiger partial charge is 0.405 e. The molecule has 8 heteroatoms. The van der Waals surface area contributed by atoms with E-state index >= 15 is 0 Å². The van der Waals surface area contributed by atoms with E-state index in [1.807, 2.05) is 6.07 Å². The van der Waals surface area contributed by atoms with Crippen LogP contribution in [0.3, 0.4) is 0 Å². The fourth-order valence-electron chi connectivity index (χ4n) is 5.06. The van der Waals surface area contributed by atoms with Gasteiger partial charge in [0.05, 0.1) is 5.69 Å². The number of hydrogen-bond acceptors (Lipinski definition) is 6. The predicted octanol–water partition coefficient (Wildman–Crippen LogP) is 2.95. The lowest BCUT2D eigenvalue weighted by Crippen LogP contribution is -2.52. The van der Waals surface area contributed by atoms with Gasteiger partial charge in [0.15, 0.2) is 0 Å². The van der Waals surface area contributed by atoms with Crippen molar-refractivity contribution >= 4 is 11.9 Å². The molecule has 0 saturated heterocycles. The quantitative estimate of drug-likeness (QED) is 0.781. The molecule has 0 spiro atoms. The van der Waals surface area contributed by atoms with Crippen LogP contribution in [0.5, 0.6) is 0 Å². The lowest BCUT2D eigenvalue weighted by molar-refractivity contribution is -0.101. The fraction of sp³-hybridized carbons (Fsp3) is 0.522. The van der Waals surface area contributed by atoms with Gasteiger partial charge in [-0.25, -0.2) is 9.59 Å².